The van der Waals surface area contributed by atoms with Gasteiger partial charge in [0.2, 0.25) is 0 Å². The molecule has 0 unspecified atom stereocenters. The van der Waals surface area contributed by atoms with Gasteiger partial charge in [0.15, 0.2) is 0 Å². The predicted octanol–water partition coefficient (Wildman–Crippen LogP) is 7.75. The van der Waals surface area contributed by atoms with Crippen molar-refractivity contribution in [3.8, 4) is 22.4 Å². The van der Waals surface area contributed by atoms with E-state index in [4.69, 9.17) is 5.79 Å². The Hall–Kier alpha value is -3.46. The molecule has 3 aromatic carbocycles. The number of halogens is 1. The molecule has 0 aliphatic carbocycles. The van der Waals surface area contributed by atoms with Crippen molar-refractivity contribution in [1.29, 1.82) is 0 Å². The molecule has 0 aliphatic heterocycles. The van der Waals surface area contributed by atoms with E-state index >= 15 is 0 Å². The normalized spacial score (nSPS) is 12.5. The Kier molecular flexibility index (Phi) is 3.95. The maximum absolute atomic E-state index is 14.9. The number of rotatable bonds is 2. The average Bonchev–Trinajstić information content (AvgIpc) is 3.14. The van der Waals surface area contributed by atoms with Crippen LogP contribution in [0.25, 0.3) is 44.3 Å². The van der Waals surface area contributed by atoms with Crippen molar-refractivity contribution in [3.63, 3.8) is 0 Å². The highest BCUT2D eigenvalue weighted by Gasteiger charge is 2.20. The van der Waals surface area contributed by atoms with Gasteiger partial charge in [-0.1, -0.05) is 63.2 Å². The number of fused-ring (bicyclic) bond motifs is 3. The first-order valence-electron chi connectivity index (χ1n) is 10.5. The van der Waals surface area contributed by atoms with E-state index in [-0.39, 0.29) is 11.2 Å². The highest BCUT2D eigenvalue weighted by molar-refractivity contribution is 6.12. The molecule has 0 bridgehead atoms. The maximum Gasteiger partial charge on any atom is 0.146 e. The van der Waals surface area contributed by atoms with Gasteiger partial charge in [0.25, 0.3) is 0 Å². The molecule has 0 spiro atoms. The molecule has 0 fully saturated rings. The third-order valence-electron chi connectivity index (χ3n) is 5.49. The lowest BCUT2D eigenvalue weighted by molar-refractivity contribution is 0.589. The van der Waals surface area contributed by atoms with Gasteiger partial charge in [0.1, 0.15) is 17.0 Å². The maximum atomic E-state index is 14.9. The van der Waals surface area contributed by atoms with Gasteiger partial charge >= 0.3 is 0 Å². The first kappa shape index (κ1) is 17.4. The summed E-state index contributed by atoms with van der Waals surface area (Å²) in [6.07, 6.45) is 1.80. The Bertz CT molecular complexity index is 1430. The fraction of sp³-hybridized carbons (Fsp3) is 0.148. The molecule has 2 heterocycles. The Morgan fingerprint density at radius 3 is 2.47 bits per heavy atom. The number of furan rings is 1. The summed E-state index contributed by atoms with van der Waals surface area (Å²) in [5, 5.41) is 1.40. The Morgan fingerprint density at radius 1 is 0.900 bits per heavy atom. The van der Waals surface area contributed by atoms with Gasteiger partial charge in [0, 0.05) is 22.5 Å². The largest absolute Gasteiger partial charge is 0.455 e. The fourth-order valence-corrected chi connectivity index (χ4v) is 3.87. The molecule has 2 nitrogen and oxygen atoms in total. The van der Waals surface area contributed by atoms with E-state index in [0.717, 1.165) is 27.8 Å². The van der Waals surface area contributed by atoms with Crippen molar-refractivity contribution in [3.05, 3.63) is 90.3 Å². The van der Waals surface area contributed by atoms with Crippen molar-refractivity contribution >= 4 is 21.9 Å². The third-order valence-corrected chi connectivity index (χ3v) is 5.49. The highest BCUT2D eigenvalue weighted by Crippen LogP contribution is 2.40. The number of nitrogens with zero attached hydrogens (tertiary/aromatic N) is 1. The van der Waals surface area contributed by atoms with Crippen molar-refractivity contribution in [2.75, 3.05) is 0 Å². The molecule has 148 valence electrons. The average molecular weight is 396 g/mol. The molecule has 0 N–H and O–H groups in total. The van der Waals surface area contributed by atoms with E-state index in [9.17, 15) is 4.39 Å². The van der Waals surface area contributed by atoms with Crippen molar-refractivity contribution in [1.82, 2.24) is 4.98 Å². The fourth-order valence-electron chi connectivity index (χ4n) is 3.87. The zero-order valence-electron chi connectivity index (χ0n) is 18.2. The van der Waals surface area contributed by atoms with Crippen LogP contribution in [0.5, 0.6) is 0 Å². The van der Waals surface area contributed by atoms with E-state index in [0.29, 0.717) is 28.2 Å². The van der Waals surface area contributed by atoms with Crippen LogP contribution >= 0.6 is 0 Å². The van der Waals surface area contributed by atoms with Gasteiger partial charge in [-0.25, -0.2) is 4.39 Å². The Balaban J connectivity index is 1.84. The molecule has 0 radical (unpaired) electrons. The molecule has 0 atom stereocenters. The van der Waals surface area contributed by atoms with Crippen LogP contribution in [0.15, 0.2) is 83.4 Å². The Morgan fingerprint density at radius 2 is 1.70 bits per heavy atom. The van der Waals surface area contributed by atoms with Gasteiger partial charge in [-0.3, -0.25) is 4.98 Å². The second-order valence-electron chi connectivity index (χ2n) is 8.54. The molecular weight excluding hydrogens is 373 g/mol. The van der Waals surface area contributed by atoms with E-state index in [2.05, 4.69) is 31.8 Å². The topological polar surface area (TPSA) is 26.0 Å². The van der Waals surface area contributed by atoms with Crippen LogP contribution < -0.4 is 0 Å². The zero-order chi connectivity index (χ0) is 21.8. The first-order valence-corrected chi connectivity index (χ1v) is 10.0. The zero-order valence-corrected chi connectivity index (χ0v) is 17.2. The summed E-state index contributed by atoms with van der Waals surface area (Å²) in [6.45, 7) is 6.47. The highest BCUT2D eigenvalue weighted by atomic mass is 19.1. The van der Waals surface area contributed by atoms with Gasteiger partial charge in [-0.15, -0.1) is 0 Å². The summed E-state index contributed by atoms with van der Waals surface area (Å²) >= 11 is 0. The minimum absolute atomic E-state index is 0.0242. The summed E-state index contributed by atoms with van der Waals surface area (Å²) in [7, 11) is 0. The first-order chi connectivity index (χ1) is 14.8. The molecule has 5 rings (SSSR count). The number of aromatic nitrogens is 1. The van der Waals surface area contributed by atoms with Crippen molar-refractivity contribution in [2.45, 2.75) is 26.2 Å². The van der Waals surface area contributed by atoms with Crippen LogP contribution in [-0.4, -0.2) is 4.98 Å². The number of benzene rings is 3. The number of hydrogen-bond donors (Lipinski definition) is 0. The van der Waals surface area contributed by atoms with Gasteiger partial charge in [-0.2, -0.15) is 0 Å². The van der Waals surface area contributed by atoms with E-state index in [1.165, 1.54) is 6.07 Å². The molecule has 30 heavy (non-hydrogen) atoms. The summed E-state index contributed by atoms with van der Waals surface area (Å²) in [5.74, 6) is -0.348. The second-order valence-corrected chi connectivity index (χ2v) is 8.54. The van der Waals surface area contributed by atoms with E-state index in [1.807, 2.05) is 42.5 Å². The smallest absolute Gasteiger partial charge is 0.146 e. The van der Waals surface area contributed by atoms with Crippen LogP contribution in [0.4, 0.5) is 4.39 Å². The number of pyridine rings is 1. The van der Waals surface area contributed by atoms with Crippen LogP contribution in [-0.2, 0) is 5.41 Å². The third kappa shape index (κ3) is 2.98. The molecular formula is C27H22FNO. The summed E-state index contributed by atoms with van der Waals surface area (Å²) in [4.78, 5) is 4.58. The molecule has 0 amide bonds. The number of para-hydroxylation sites is 1. The molecule has 3 heteroatoms. The van der Waals surface area contributed by atoms with Crippen LogP contribution in [0, 0.1) is 5.82 Å². The minimum Gasteiger partial charge on any atom is -0.455 e. The van der Waals surface area contributed by atoms with E-state index < -0.39 is 0 Å². The molecule has 0 saturated carbocycles. The van der Waals surface area contributed by atoms with Gasteiger partial charge in [-0.05, 0) is 46.9 Å². The molecule has 5 aromatic rings. The lowest BCUT2D eigenvalue weighted by Gasteiger charge is -2.19. The summed E-state index contributed by atoms with van der Waals surface area (Å²) in [5.41, 5.74) is 4.88. The minimum atomic E-state index is -0.348. The summed E-state index contributed by atoms with van der Waals surface area (Å²) in [6, 6.07) is 20.6. The predicted molar refractivity (Wildman–Crippen MR) is 121 cm³/mol. The van der Waals surface area contributed by atoms with Crippen molar-refractivity contribution < 1.29 is 10.2 Å². The number of hydrogen-bond acceptors (Lipinski definition) is 2. The SMILES string of the molecule is [2H]c1ccc(-c2cc(C(C)(C)C)ccn2)c2oc3c(-c4ccccc4)c(F)ccc3c12. The standard InChI is InChI=1S/C27H22FNO/c1-27(2,3)18-14-15-29-23(16-18)21-11-7-10-19-20-12-13-22(28)24(26(20)30-25(19)21)17-8-5-4-6-9-17/h4-16H,1-3H3/i10D. The monoisotopic (exact) mass is 396 g/mol. The van der Waals surface area contributed by atoms with Gasteiger partial charge < -0.3 is 4.42 Å². The van der Waals surface area contributed by atoms with Gasteiger partial charge in [0.05, 0.1) is 12.6 Å². The van der Waals surface area contributed by atoms with E-state index in [1.54, 1.807) is 18.3 Å². The lowest BCUT2D eigenvalue weighted by Crippen LogP contribution is -2.11. The van der Waals surface area contributed by atoms with Crippen LogP contribution in [0.2, 0.25) is 0 Å². The van der Waals surface area contributed by atoms with Crippen LogP contribution in [0.3, 0.4) is 0 Å². The molecule has 2 aromatic heterocycles. The van der Waals surface area contributed by atoms with Crippen LogP contribution in [0.1, 0.15) is 27.7 Å². The summed E-state index contributed by atoms with van der Waals surface area (Å²) < 4.78 is 29.8. The molecule has 0 aliphatic rings. The lowest BCUT2D eigenvalue weighted by atomic mass is 9.87. The molecule has 0 saturated heterocycles. The van der Waals surface area contributed by atoms with Crippen molar-refractivity contribution in [2.24, 2.45) is 0 Å². The Labute approximate surface area is 176 Å². The quantitative estimate of drug-likeness (QED) is 0.305. The second kappa shape index (κ2) is 6.81.